The average molecular weight is 726 g/mol. The fourth-order valence-electron chi connectivity index (χ4n) is 6.47. The topological polar surface area (TPSA) is 75.6 Å². The van der Waals surface area contributed by atoms with Gasteiger partial charge in [0.25, 0.3) is 0 Å². The fraction of sp³-hybridized carbons (Fsp3) is 0.583. The van der Waals surface area contributed by atoms with Crippen molar-refractivity contribution in [2.24, 2.45) is 5.92 Å². The molecule has 0 fully saturated rings. The smallest absolute Gasteiger partial charge is 0.305 e. The summed E-state index contributed by atoms with van der Waals surface area (Å²) in [4.78, 5) is 24.4. The van der Waals surface area contributed by atoms with Gasteiger partial charge in [-0.15, -0.1) is 0 Å². The van der Waals surface area contributed by atoms with Gasteiger partial charge >= 0.3 is 5.97 Å². The van der Waals surface area contributed by atoms with E-state index < -0.39 is 6.10 Å². The molecule has 2 N–H and O–H groups in total. The zero-order chi connectivity index (χ0) is 38.4. The lowest BCUT2D eigenvalue weighted by molar-refractivity contribution is -0.144. The highest BCUT2D eigenvalue weighted by molar-refractivity contribution is 5.92. The summed E-state index contributed by atoms with van der Waals surface area (Å²) >= 11 is 0. The first-order valence-corrected chi connectivity index (χ1v) is 20.9. The molecule has 0 heterocycles. The number of nitrogens with one attached hydrogen (secondary N) is 1. The van der Waals surface area contributed by atoms with Crippen LogP contribution < -0.4 is 5.32 Å². The number of rotatable bonds is 28. The molecule has 0 aliphatic carbocycles. The van der Waals surface area contributed by atoms with Gasteiger partial charge in [-0.25, -0.2) is 0 Å². The van der Waals surface area contributed by atoms with E-state index in [0.717, 1.165) is 31.3 Å². The van der Waals surface area contributed by atoms with Crippen LogP contribution >= 0.6 is 0 Å². The molecule has 2 aromatic carbocycles. The number of benzene rings is 2. The number of esters is 1. The predicted molar refractivity (Wildman–Crippen MR) is 225 cm³/mol. The fourth-order valence-corrected chi connectivity index (χ4v) is 6.47. The van der Waals surface area contributed by atoms with Gasteiger partial charge in [0.2, 0.25) is 5.91 Å². The van der Waals surface area contributed by atoms with E-state index >= 15 is 0 Å². The molecule has 0 saturated carbocycles. The first-order valence-electron chi connectivity index (χ1n) is 20.9. The molecule has 0 bridgehead atoms. The number of ether oxygens (including phenoxy) is 1. The second kappa shape index (κ2) is 29.8. The summed E-state index contributed by atoms with van der Waals surface area (Å²) in [6, 6.07) is 15.0. The molecule has 0 radical (unpaired) electrons. The number of carbonyl (C=O) groups is 2. The van der Waals surface area contributed by atoms with E-state index in [4.69, 9.17) is 4.74 Å². The van der Waals surface area contributed by atoms with Crippen LogP contribution in [0.2, 0.25) is 0 Å². The van der Waals surface area contributed by atoms with Crippen LogP contribution in [0.1, 0.15) is 155 Å². The number of amides is 1. The van der Waals surface area contributed by atoms with Crippen molar-refractivity contribution in [3.63, 3.8) is 0 Å². The summed E-state index contributed by atoms with van der Waals surface area (Å²) in [5, 5.41) is 16.1. The Hall–Kier alpha value is -3.62. The van der Waals surface area contributed by atoms with Gasteiger partial charge in [0, 0.05) is 24.3 Å². The van der Waals surface area contributed by atoms with Crippen LogP contribution in [0.5, 0.6) is 0 Å². The number of hydrogen-bond donors (Lipinski definition) is 2. The van der Waals surface area contributed by atoms with Crippen molar-refractivity contribution < 1.29 is 19.4 Å². The van der Waals surface area contributed by atoms with Gasteiger partial charge in [0.1, 0.15) is 6.61 Å². The summed E-state index contributed by atoms with van der Waals surface area (Å²) in [5.74, 6) is 5.78. The van der Waals surface area contributed by atoms with E-state index in [1.54, 1.807) is 13.0 Å². The van der Waals surface area contributed by atoms with Crippen molar-refractivity contribution in [2.45, 2.75) is 162 Å². The molecule has 5 nitrogen and oxygen atoms in total. The highest BCUT2D eigenvalue weighted by atomic mass is 16.5. The number of aliphatic hydroxyl groups is 1. The summed E-state index contributed by atoms with van der Waals surface area (Å²) in [5.41, 5.74) is 2.91. The Morgan fingerprint density at radius 2 is 1.43 bits per heavy atom. The first-order chi connectivity index (χ1) is 25.8. The number of aliphatic hydroxyl groups excluding tert-OH is 1. The second-order valence-corrected chi connectivity index (χ2v) is 14.8. The molecule has 292 valence electrons. The SMILES string of the molecule is CCCCCCCCCCCCCCCCCC(=O)OCCNC(=O)/C(C)=C/CCC#C/C=C/[C@@H](C)[C@@H](O)/C(C)=C/CCc1ccc2ccccc2c1. The Labute approximate surface area is 323 Å². The van der Waals surface area contributed by atoms with Gasteiger partial charge in [0.05, 0.1) is 12.6 Å². The van der Waals surface area contributed by atoms with Gasteiger partial charge in [-0.3, -0.25) is 9.59 Å². The summed E-state index contributed by atoms with van der Waals surface area (Å²) < 4.78 is 5.30. The molecule has 53 heavy (non-hydrogen) atoms. The normalized spacial score (nSPS) is 13.2. The maximum Gasteiger partial charge on any atom is 0.305 e. The van der Waals surface area contributed by atoms with Crippen molar-refractivity contribution in [1.29, 1.82) is 0 Å². The highest BCUT2D eigenvalue weighted by Crippen LogP contribution is 2.19. The molecular weight excluding hydrogens is 655 g/mol. The van der Waals surface area contributed by atoms with E-state index in [-0.39, 0.29) is 24.4 Å². The van der Waals surface area contributed by atoms with Crippen LogP contribution in [0.3, 0.4) is 0 Å². The van der Waals surface area contributed by atoms with Crippen molar-refractivity contribution in [2.75, 3.05) is 13.2 Å². The average Bonchev–Trinajstić information content (AvgIpc) is 3.16. The third-order valence-corrected chi connectivity index (χ3v) is 9.98. The second-order valence-electron chi connectivity index (χ2n) is 14.8. The summed E-state index contributed by atoms with van der Waals surface area (Å²) in [6.45, 7) is 8.54. The van der Waals surface area contributed by atoms with Crippen molar-refractivity contribution in [3.05, 3.63) is 83.5 Å². The molecule has 0 aliphatic heterocycles. The lowest BCUT2D eigenvalue weighted by atomic mass is 9.96. The molecule has 0 unspecified atom stereocenters. The lowest BCUT2D eigenvalue weighted by Crippen LogP contribution is -2.28. The van der Waals surface area contributed by atoms with Gasteiger partial charge in [-0.1, -0.05) is 176 Å². The number of aryl methyl sites for hydroxylation is 1. The number of unbranched alkanes of at least 4 members (excludes halogenated alkanes) is 15. The Kier molecular flexibility index (Phi) is 25.6. The largest absolute Gasteiger partial charge is 0.464 e. The zero-order valence-corrected chi connectivity index (χ0v) is 33.7. The Morgan fingerprint density at radius 1 is 0.811 bits per heavy atom. The molecule has 2 aromatic rings. The predicted octanol–water partition coefficient (Wildman–Crippen LogP) is 11.9. The third kappa shape index (κ3) is 22.3. The number of allylic oxidation sites excluding steroid dienone is 3. The molecule has 2 rings (SSSR count). The molecular formula is C48H71NO4. The molecule has 2 atom stereocenters. The van der Waals surface area contributed by atoms with Crippen LogP contribution in [0, 0.1) is 17.8 Å². The standard InChI is InChI=1S/C48H71NO4/c1-5-6-7-8-9-10-11-12-13-14-15-16-17-21-24-34-46(50)53-38-37-49-48(52)42(4)29-23-20-18-19-22-28-40(2)47(51)41(3)30-27-31-43-35-36-44-32-25-26-33-45(44)39-43/h22,25-26,28-30,32-33,35-36,39-40,47,51H,5-17,20-21,23-24,27,31,34,37-38H2,1-4H3,(H,49,52)/b28-22+,41-30+,42-29+/t40-,47-/m1/s1. The molecule has 0 aromatic heterocycles. The molecule has 1 amide bonds. The molecule has 5 heteroatoms. The minimum atomic E-state index is -0.545. The zero-order valence-electron chi connectivity index (χ0n) is 33.7. The monoisotopic (exact) mass is 726 g/mol. The van der Waals surface area contributed by atoms with E-state index in [1.165, 1.54) is 99.8 Å². The van der Waals surface area contributed by atoms with Gasteiger partial charge in [-0.2, -0.15) is 0 Å². The van der Waals surface area contributed by atoms with Crippen LogP contribution in [-0.4, -0.2) is 36.2 Å². The minimum Gasteiger partial charge on any atom is -0.464 e. The van der Waals surface area contributed by atoms with Gasteiger partial charge in [-0.05, 0) is 67.5 Å². The van der Waals surface area contributed by atoms with E-state index in [1.807, 2.05) is 26.0 Å². The quantitative estimate of drug-likeness (QED) is 0.0301. The Morgan fingerprint density at radius 3 is 2.09 bits per heavy atom. The van der Waals surface area contributed by atoms with Crippen molar-refractivity contribution in [1.82, 2.24) is 5.32 Å². The van der Waals surface area contributed by atoms with E-state index in [9.17, 15) is 14.7 Å². The van der Waals surface area contributed by atoms with Crippen LogP contribution in [-0.2, 0) is 20.7 Å². The van der Waals surface area contributed by atoms with Crippen LogP contribution in [0.4, 0.5) is 0 Å². The van der Waals surface area contributed by atoms with E-state index in [0.29, 0.717) is 31.4 Å². The van der Waals surface area contributed by atoms with Crippen molar-refractivity contribution in [3.8, 4) is 11.8 Å². The van der Waals surface area contributed by atoms with Gasteiger partial charge in [0.15, 0.2) is 0 Å². The number of hydrogen-bond acceptors (Lipinski definition) is 4. The third-order valence-electron chi connectivity index (χ3n) is 9.98. The Bertz CT molecular complexity index is 1460. The summed E-state index contributed by atoms with van der Waals surface area (Å²) in [6.07, 6.45) is 30.3. The van der Waals surface area contributed by atoms with Crippen molar-refractivity contribution >= 4 is 22.6 Å². The lowest BCUT2D eigenvalue weighted by Gasteiger charge is -2.16. The van der Waals surface area contributed by atoms with Gasteiger partial charge < -0.3 is 15.2 Å². The van der Waals surface area contributed by atoms with Crippen LogP contribution in [0.15, 0.2) is 77.9 Å². The maximum atomic E-state index is 12.4. The number of fused-ring (bicyclic) bond motifs is 1. The number of carbonyl (C=O) groups excluding carboxylic acids is 2. The minimum absolute atomic E-state index is 0.0414. The first kappa shape index (κ1) is 45.5. The molecule has 0 aliphatic rings. The molecule has 0 spiro atoms. The highest BCUT2D eigenvalue weighted by Gasteiger charge is 2.12. The summed E-state index contributed by atoms with van der Waals surface area (Å²) in [7, 11) is 0. The van der Waals surface area contributed by atoms with E-state index in [2.05, 4.69) is 72.6 Å². The molecule has 0 saturated heterocycles. The Balaban J connectivity index is 1.46. The van der Waals surface area contributed by atoms with Crippen LogP contribution in [0.25, 0.3) is 10.8 Å². The maximum absolute atomic E-state index is 12.4.